The summed E-state index contributed by atoms with van der Waals surface area (Å²) in [5.74, 6) is 0. The van der Waals surface area contributed by atoms with E-state index in [1.165, 1.54) is 0 Å². The first-order valence-electron chi connectivity index (χ1n) is 5.97. The molecule has 1 atom stereocenters. The van der Waals surface area contributed by atoms with Crippen molar-refractivity contribution in [2.45, 2.75) is 43.9 Å². The molecule has 0 radical (unpaired) electrons. The van der Waals surface area contributed by atoms with Crippen molar-refractivity contribution in [1.29, 1.82) is 4.78 Å². The van der Waals surface area contributed by atoms with Crippen LogP contribution in [0.3, 0.4) is 0 Å². The molecular weight excluding hydrogens is 262 g/mol. The highest BCUT2D eigenvalue weighted by Crippen LogP contribution is 2.36. The van der Waals surface area contributed by atoms with Crippen LogP contribution in [0.4, 0.5) is 0 Å². The lowest BCUT2D eigenvalue weighted by Gasteiger charge is -2.38. The van der Waals surface area contributed by atoms with Crippen molar-refractivity contribution in [3.05, 3.63) is 18.3 Å². The number of hydrogen-bond donors (Lipinski definition) is 2. The fraction of sp³-hybridized carbons (Fsp3) is 0.583. The molecule has 0 spiro atoms. The largest absolute Gasteiger partial charge is 0.245 e. The smallest absolute Gasteiger partial charge is 0.152 e. The Morgan fingerprint density at radius 3 is 2.39 bits per heavy atom. The third-order valence-corrected chi connectivity index (χ3v) is 11.0. The van der Waals surface area contributed by atoms with Gasteiger partial charge in [0.1, 0.15) is 5.03 Å². The van der Waals surface area contributed by atoms with Crippen LogP contribution >= 0.6 is 0 Å². The van der Waals surface area contributed by atoms with Crippen LogP contribution in [-0.4, -0.2) is 24.3 Å². The molecule has 0 saturated heterocycles. The van der Waals surface area contributed by atoms with Gasteiger partial charge >= 0.3 is 0 Å². The minimum atomic E-state index is -3.00. The summed E-state index contributed by atoms with van der Waals surface area (Å²) >= 11 is 0. The van der Waals surface area contributed by atoms with E-state index in [9.17, 15) is 4.21 Å². The lowest BCUT2D eigenvalue weighted by atomic mass is 10.2. The van der Waals surface area contributed by atoms with Crippen molar-refractivity contribution in [2.24, 2.45) is 0 Å². The van der Waals surface area contributed by atoms with Crippen LogP contribution in [0.1, 0.15) is 20.8 Å². The van der Waals surface area contributed by atoms with Crippen molar-refractivity contribution >= 4 is 23.2 Å². The van der Waals surface area contributed by atoms with Crippen LogP contribution in [0.25, 0.3) is 0 Å². The molecule has 102 valence electrons. The van der Waals surface area contributed by atoms with Crippen LogP contribution in [0.2, 0.25) is 18.1 Å². The van der Waals surface area contributed by atoms with Crippen LogP contribution in [0.15, 0.2) is 23.4 Å². The number of nitrogens with zero attached hydrogens (tertiary/aromatic N) is 1. The molecule has 1 aromatic rings. The highest BCUT2D eigenvalue weighted by Gasteiger charge is 2.40. The molecule has 4 nitrogen and oxygen atoms in total. The summed E-state index contributed by atoms with van der Waals surface area (Å²) in [5, 5.41) is 1.53. The van der Waals surface area contributed by atoms with E-state index in [0.29, 0.717) is 5.03 Å². The molecule has 1 rings (SSSR count). The van der Waals surface area contributed by atoms with Crippen molar-refractivity contribution < 1.29 is 4.21 Å². The monoisotopic (exact) mass is 285 g/mol. The van der Waals surface area contributed by atoms with Crippen molar-refractivity contribution in [1.82, 2.24) is 9.71 Å². The van der Waals surface area contributed by atoms with E-state index in [0.717, 1.165) is 5.19 Å². The van der Waals surface area contributed by atoms with Gasteiger partial charge in [-0.25, -0.2) is 18.7 Å². The molecule has 0 aliphatic rings. The van der Waals surface area contributed by atoms with E-state index in [1.807, 2.05) is 12.1 Å². The third-order valence-electron chi connectivity index (χ3n) is 3.88. The van der Waals surface area contributed by atoms with Gasteiger partial charge in [0.2, 0.25) is 0 Å². The van der Waals surface area contributed by atoms with Crippen LogP contribution in [-0.2, 0) is 9.92 Å². The minimum absolute atomic E-state index is 0.119. The summed E-state index contributed by atoms with van der Waals surface area (Å²) in [6, 6.07) is 3.84. The Hall–Kier alpha value is -0.723. The number of nitrogens with one attached hydrogen (secondary N) is 2. The van der Waals surface area contributed by atoms with Gasteiger partial charge in [0.25, 0.3) is 0 Å². The van der Waals surface area contributed by atoms with E-state index in [1.54, 1.807) is 13.2 Å². The molecule has 0 amide bonds. The second-order valence-corrected chi connectivity index (χ2v) is 13.2. The van der Waals surface area contributed by atoms with Crippen molar-refractivity contribution in [3.63, 3.8) is 0 Å². The first-order valence-corrected chi connectivity index (χ1v) is 10.5. The zero-order valence-electron chi connectivity index (χ0n) is 12.0. The van der Waals surface area contributed by atoms with E-state index < -0.39 is 18.0 Å². The Bertz CT molecular complexity index is 532. The number of hydrogen-bond acceptors (Lipinski definition) is 3. The Morgan fingerprint density at radius 1 is 1.39 bits per heavy atom. The molecular formula is C12H23N3OSSi. The van der Waals surface area contributed by atoms with Gasteiger partial charge in [0.15, 0.2) is 9.92 Å². The number of aromatic nitrogens is 1. The van der Waals surface area contributed by atoms with Gasteiger partial charge in [-0.05, 0) is 23.3 Å². The average Bonchev–Trinajstić information content (AvgIpc) is 2.27. The SMILES string of the molecule is CNS(=N)(=O)c1ncccc1[Si](C)(C)C(C)(C)C. The molecule has 1 heterocycles. The predicted molar refractivity (Wildman–Crippen MR) is 79.3 cm³/mol. The fourth-order valence-corrected chi connectivity index (χ4v) is 5.49. The van der Waals surface area contributed by atoms with Crippen molar-refractivity contribution in [2.75, 3.05) is 7.05 Å². The molecule has 0 fully saturated rings. The van der Waals surface area contributed by atoms with Gasteiger partial charge in [-0.1, -0.05) is 39.9 Å². The lowest BCUT2D eigenvalue weighted by molar-refractivity contribution is 0.665. The normalized spacial score (nSPS) is 16.3. The summed E-state index contributed by atoms with van der Waals surface area (Å²) in [6.45, 7) is 11.1. The molecule has 1 aromatic heterocycles. The number of pyridine rings is 1. The maximum atomic E-state index is 12.3. The molecule has 2 N–H and O–H groups in total. The van der Waals surface area contributed by atoms with Crippen LogP contribution < -0.4 is 9.91 Å². The van der Waals surface area contributed by atoms with Crippen LogP contribution in [0, 0.1) is 4.78 Å². The van der Waals surface area contributed by atoms with E-state index in [2.05, 4.69) is 43.6 Å². The molecule has 0 aliphatic carbocycles. The summed E-state index contributed by atoms with van der Waals surface area (Å²) in [6.07, 6.45) is 1.61. The number of rotatable bonds is 3. The molecule has 1 unspecified atom stereocenters. The van der Waals surface area contributed by atoms with Gasteiger partial charge in [0, 0.05) is 6.20 Å². The molecule has 18 heavy (non-hydrogen) atoms. The highest BCUT2D eigenvalue weighted by atomic mass is 32.2. The first kappa shape index (κ1) is 15.3. The van der Waals surface area contributed by atoms with E-state index >= 15 is 0 Å². The maximum absolute atomic E-state index is 12.3. The first-order chi connectivity index (χ1) is 8.04. The Kier molecular flexibility index (Phi) is 4.05. The van der Waals surface area contributed by atoms with Gasteiger partial charge in [-0.2, -0.15) is 0 Å². The topological polar surface area (TPSA) is 65.8 Å². The Balaban J connectivity index is 3.54. The van der Waals surface area contributed by atoms with Gasteiger partial charge in [0.05, 0.1) is 8.07 Å². The minimum Gasteiger partial charge on any atom is -0.245 e. The third kappa shape index (κ3) is 2.65. The Labute approximate surface area is 111 Å². The quantitative estimate of drug-likeness (QED) is 0.837. The summed E-state index contributed by atoms with van der Waals surface area (Å²) in [7, 11) is -3.31. The van der Waals surface area contributed by atoms with Gasteiger partial charge < -0.3 is 0 Å². The molecule has 0 saturated carbocycles. The zero-order valence-corrected chi connectivity index (χ0v) is 13.8. The maximum Gasteiger partial charge on any atom is 0.152 e. The van der Waals surface area contributed by atoms with Gasteiger partial charge in [-0.15, -0.1) is 0 Å². The van der Waals surface area contributed by atoms with Gasteiger partial charge in [-0.3, -0.25) is 0 Å². The van der Waals surface area contributed by atoms with Crippen molar-refractivity contribution in [3.8, 4) is 0 Å². The van der Waals surface area contributed by atoms with E-state index in [-0.39, 0.29) is 5.04 Å². The second-order valence-electron chi connectivity index (χ2n) is 5.99. The standard InChI is InChI=1S/C12H23N3OSSi/c1-12(2,3)18(5,6)10-8-7-9-15-11(10)17(13,16)14-4/h7-9H,1-6H3,(H2,13,14,16). The lowest BCUT2D eigenvalue weighted by Crippen LogP contribution is -2.52. The summed E-state index contributed by atoms with van der Waals surface area (Å²) in [4.78, 5) is 4.21. The zero-order chi connectivity index (χ0) is 14.2. The predicted octanol–water partition coefficient (Wildman–Crippen LogP) is 2.34. The average molecular weight is 285 g/mol. The van der Waals surface area contributed by atoms with Crippen LogP contribution in [0.5, 0.6) is 0 Å². The second kappa shape index (κ2) is 4.75. The fourth-order valence-electron chi connectivity index (χ4n) is 1.60. The summed E-state index contributed by atoms with van der Waals surface area (Å²) < 4.78 is 22.8. The Morgan fingerprint density at radius 2 is 1.94 bits per heavy atom. The summed E-state index contributed by atoms with van der Waals surface area (Å²) in [5.41, 5.74) is 0. The molecule has 0 bridgehead atoms. The molecule has 0 aromatic carbocycles. The van der Waals surface area contributed by atoms with E-state index in [4.69, 9.17) is 4.78 Å². The molecule has 0 aliphatic heterocycles. The highest BCUT2D eigenvalue weighted by molar-refractivity contribution is 7.90. The molecule has 6 heteroatoms.